The van der Waals surface area contributed by atoms with Crippen LogP contribution < -0.4 is 10.2 Å². The van der Waals surface area contributed by atoms with Crippen LogP contribution in [0.1, 0.15) is 44.0 Å². The summed E-state index contributed by atoms with van der Waals surface area (Å²) < 4.78 is 5.32. The molecule has 0 saturated carbocycles. The second kappa shape index (κ2) is 8.29. The normalized spacial score (nSPS) is 19.6. The Morgan fingerprint density at radius 3 is 2.70 bits per heavy atom. The smallest absolute Gasteiger partial charge is 0.326 e. The predicted molar refractivity (Wildman–Crippen MR) is 108 cm³/mol. The van der Waals surface area contributed by atoms with Crippen molar-refractivity contribution >= 4 is 29.2 Å². The Labute approximate surface area is 174 Å². The molecule has 1 fully saturated rings. The predicted octanol–water partition coefficient (Wildman–Crippen LogP) is 1.48. The van der Waals surface area contributed by atoms with Crippen LogP contribution in [0.25, 0.3) is 0 Å². The Balaban J connectivity index is 2.01. The first-order valence-electron chi connectivity index (χ1n) is 9.91. The van der Waals surface area contributed by atoms with Crippen molar-refractivity contribution in [1.29, 1.82) is 0 Å². The molecule has 1 saturated heterocycles. The van der Waals surface area contributed by atoms with Crippen LogP contribution in [0.2, 0.25) is 0 Å². The Bertz CT molecular complexity index is 879. The monoisotopic (exact) mass is 418 g/mol. The fourth-order valence-electron chi connectivity index (χ4n) is 3.77. The van der Waals surface area contributed by atoms with Crippen LogP contribution in [0.5, 0.6) is 0 Å². The molecule has 0 spiro atoms. The molecule has 30 heavy (non-hydrogen) atoms. The maximum Gasteiger partial charge on any atom is 0.326 e. The van der Waals surface area contributed by atoms with Crippen LogP contribution in [0, 0.1) is 10.1 Å². The highest BCUT2D eigenvalue weighted by atomic mass is 16.6. The van der Waals surface area contributed by atoms with E-state index in [9.17, 15) is 24.5 Å². The lowest BCUT2D eigenvalue weighted by Crippen LogP contribution is -2.49. The van der Waals surface area contributed by atoms with Gasteiger partial charge in [-0.05, 0) is 39.7 Å². The van der Waals surface area contributed by atoms with E-state index < -0.39 is 28.4 Å². The third-order valence-corrected chi connectivity index (χ3v) is 4.99. The second-order valence-corrected chi connectivity index (χ2v) is 8.41. The number of benzene rings is 1. The molecule has 0 aromatic heterocycles. The number of nitro groups is 1. The largest absolute Gasteiger partial charge is 0.459 e. The number of hydrogen-bond acceptors (Lipinski definition) is 7. The van der Waals surface area contributed by atoms with E-state index in [1.807, 2.05) is 4.90 Å². The molecule has 1 aromatic carbocycles. The van der Waals surface area contributed by atoms with E-state index in [2.05, 4.69) is 5.32 Å². The minimum atomic E-state index is -0.717. The van der Waals surface area contributed by atoms with E-state index in [1.165, 1.54) is 23.1 Å². The van der Waals surface area contributed by atoms with Gasteiger partial charge in [-0.25, -0.2) is 0 Å². The van der Waals surface area contributed by atoms with Gasteiger partial charge in [0, 0.05) is 31.8 Å². The van der Waals surface area contributed by atoms with Gasteiger partial charge < -0.3 is 19.9 Å². The first kappa shape index (κ1) is 21.5. The van der Waals surface area contributed by atoms with Crippen LogP contribution in [0.3, 0.4) is 0 Å². The van der Waals surface area contributed by atoms with E-state index >= 15 is 0 Å². The molecule has 2 heterocycles. The fourth-order valence-corrected chi connectivity index (χ4v) is 3.77. The Morgan fingerprint density at radius 2 is 2.03 bits per heavy atom. The lowest BCUT2D eigenvalue weighted by atomic mass is 10.1. The van der Waals surface area contributed by atoms with Gasteiger partial charge in [0.15, 0.2) is 0 Å². The highest BCUT2D eigenvalue weighted by Crippen LogP contribution is 2.32. The average Bonchev–Trinajstić information content (AvgIpc) is 3.13. The number of nitrogens with zero attached hydrogens (tertiary/aromatic N) is 3. The molecule has 0 unspecified atom stereocenters. The molecular weight excluding hydrogens is 392 g/mol. The number of non-ortho nitro benzene ring substituents is 1. The fraction of sp³-hybridized carbons (Fsp3) is 0.550. The standard InChI is InChI=1S/C20H26N4O6/c1-20(2,3)30-17(25)12-22-10-8-21-18(26)16-5-4-9-23(16)15-7-6-13(24(28)29)11-14(15)19(22)27/h6-7,11,16H,4-5,8-10,12H2,1-3H3,(H,21,26)/t16-/m0/s1. The van der Waals surface area contributed by atoms with Crippen LogP contribution in [0.15, 0.2) is 18.2 Å². The maximum absolute atomic E-state index is 13.4. The van der Waals surface area contributed by atoms with Crippen molar-refractivity contribution in [1.82, 2.24) is 10.2 Å². The van der Waals surface area contributed by atoms with Crippen LogP contribution >= 0.6 is 0 Å². The van der Waals surface area contributed by atoms with Gasteiger partial charge in [-0.1, -0.05) is 0 Å². The molecule has 2 amide bonds. The molecule has 10 heteroatoms. The van der Waals surface area contributed by atoms with E-state index in [4.69, 9.17) is 4.74 Å². The van der Waals surface area contributed by atoms with Gasteiger partial charge in [-0.3, -0.25) is 24.5 Å². The molecular formula is C20H26N4O6. The molecule has 1 aromatic rings. The Morgan fingerprint density at radius 1 is 1.30 bits per heavy atom. The van der Waals surface area contributed by atoms with Gasteiger partial charge in [0.2, 0.25) is 5.91 Å². The molecule has 3 rings (SSSR count). The first-order chi connectivity index (χ1) is 14.1. The number of nitro benzene ring substituents is 1. The summed E-state index contributed by atoms with van der Waals surface area (Å²) >= 11 is 0. The SMILES string of the molecule is CC(C)(C)OC(=O)CN1CCNC(=O)[C@@H]2CCCN2c2ccc([N+](=O)[O-])cc2C1=O. The number of rotatable bonds is 3. The van der Waals surface area contributed by atoms with Gasteiger partial charge in [0.25, 0.3) is 11.6 Å². The number of esters is 1. The zero-order valence-corrected chi connectivity index (χ0v) is 17.3. The Hall–Kier alpha value is -3.17. The maximum atomic E-state index is 13.4. The molecule has 162 valence electrons. The molecule has 2 aliphatic heterocycles. The van der Waals surface area contributed by atoms with Gasteiger partial charge in [-0.2, -0.15) is 0 Å². The minimum Gasteiger partial charge on any atom is -0.459 e. The van der Waals surface area contributed by atoms with Gasteiger partial charge >= 0.3 is 5.97 Å². The van der Waals surface area contributed by atoms with Crippen molar-refractivity contribution in [3.05, 3.63) is 33.9 Å². The van der Waals surface area contributed by atoms with Crippen molar-refractivity contribution in [3.63, 3.8) is 0 Å². The second-order valence-electron chi connectivity index (χ2n) is 8.41. The third kappa shape index (κ3) is 4.69. The number of amides is 2. The lowest BCUT2D eigenvalue weighted by molar-refractivity contribution is -0.384. The van der Waals surface area contributed by atoms with E-state index in [-0.39, 0.29) is 36.8 Å². The number of nitrogens with one attached hydrogen (secondary N) is 1. The topological polar surface area (TPSA) is 122 Å². The first-order valence-corrected chi connectivity index (χ1v) is 9.91. The quantitative estimate of drug-likeness (QED) is 0.448. The summed E-state index contributed by atoms with van der Waals surface area (Å²) in [5.41, 5.74) is -0.379. The number of ether oxygens (including phenoxy) is 1. The van der Waals surface area contributed by atoms with E-state index in [0.717, 1.165) is 6.42 Å². The lowest BCUT2D eigenvalue weighted by Gasteiger charge is -2.32. The van der Waals surface area contributed by atoms with Crippen molar-refractivity contribution in [3.8, 4) is 0 Å². The van der Waals surface area contributed by atoms with Crippen LogP contribution in [-0.2, 0) is 14.3 Å². The molecule has 0 bridgehead atoms. The summed E-state index contributed by atoms with van der Waals surface area (Å²) in [7, 11) is 0. The van der Waals surface area contributed by atoms with Gasteiger partial charge in [-0.15, -0.1) is 0 Å². The molecule has 1 atom stereocenters. The van der Waals surface area contributed by atoms with Gasteiger partial charge in [0.05, 0.1) is 16.2 Å². The number of carbonyl (C=O) groups is 3. The minimum absolute atomic E-state index is 0.0820. The summed E-state index contributed by atoms with van der Waals surface area (Å²) in [4.78, 5) is 52.1. The van der Waals surface area contributed by atoms with Crippen LogP contribution in [-0.4, -0.2) is 65.4 Å². The van der Waals surface area contributed by atoms with Crippen molar-refractivity contribution < 1.29 is 24.0 Å². The average molecular weight is 418 g/mol. The number of hydrogen-bond donors (Lipinski definition) is 1. The number of anilines is 1. The third-order valence-electron chi connectivity index (χ3n) is 4.99. The summed E-state index contributed by atoms with van der Waals surface area (Å²) in [5.74, 6) is -1.27. The summed E-state index contributed by atoms with van der Waals surface area (Å²) in [6, 6.07) is 3.61. The highest BCUT2D eigenvalue weighted by Gasteiger charge is 2.36. The highest BCUT2D eigenvalue weighted by molar-refractivity contribution is 6.03. The number of fused-ring (bicyclic) bond motifs is 3. The van der Waals surface area contributed by atoms with E-state index in [0.29, 0.717) is 18.7 Å². The van der Waals surface area contributed by atoms with Crippen molar-refractivity contribution in [2.75, 3.05) is 31.1 Å². The Kier molecular flexibility index (Phi) is 5.95. The van der Waals surface area contributed by atoms with E-state index in [1.54, 1.807) is 20.8 Å². The zero-order chi connectivity index (χ0) is 22.1. The zero-order valence-electron chi connectivity index (χ0n) is 17.3. The molecule has 2 aliphatic rings. The number of carbonyl (C=O) groups excluding carboxylic acids is 3. The molecule has 1 N–H and O–H groups in total. The summed E-state index contributed by atoms with van der Waals surface area (Å²) in [6.45, 7) is 5.66. The van der Waals surface area contributed by atoms with Gasteiger partial charge in [0.1, 0.15) is 18.2 Å². The molecule has 0 radical (unpaired) electrons. The van der Waals surface area contributed by atoms with Crippen molar-refractivity contribution in [2.45, 2.75) is 45.3 Å². The van der Waals surface area contributed by atoms with Crippen molar-refractivity contribution in [2.24, 2.45) is 0 Å². The van der Waals surface area contributed by atoms with Crippen LogP contribution in [0.4, 0.5) is 11.4 Å². The summed E-state index contributed by atoms with van der Waals surface area (Å²) in [5, 5.41) is 14.1. The molecule has 10 nitrogen and oxygen atoms in total. The summed E-state index contributed by atoms with van der Waals surface area (Å²) in [6.07, 6.45) is 1.41. The molecule has 0 aliphatic carbocycles.